The summed E-state index contributed by atoms with van der Waals surface area (Å²) in [5.41, 5.74) is 0.102. The van der Waals surface area contributed by atoms with Gasteiger partial charge in [-0.05, 0) is 18.1 Å². The Hall–Kier alpha value is -1.36. The lowest BCUT2D eigenvalue weighted by Crippen LogP contribution is -1.83. The second-order valence-corrected chi connectivity index (χ2v) is 2.45. The van der Waals surface area contributed by atoms with Gasteiger partial charge in [0.25, 0.3) is 0 Å². The van der Waals surface area contributed by atoms with Crippen molar-refractivity contribution in [2.75, 3.05) is 0 Å². The third-order valence-corrected chi connectivity index (χ3v) is 1.46. The van der Waals surface area contributed by atoms with Crippen LogP contribution in [0.5, 0.6) is 0 Å². The molecule has 0 heterocycles. The van der Waals surface area contributed by atoms with E-state index in [0.29, 0.717) is 0 Å². The first-order valence-corrected chi connectivity index (χ1v) is 3.40. The Morgan fingerprint density at radius 3 is 3.00 bits per heavy atom. The van der Waals surface area contributed by atoms with Crippen LogP contribution in [0.3, 0.4) is 0 Å². The summed E-state index contributed by atoms with van der Waals surface area (Å²) < 4.78 is 12.9. The zero-order valence-corrected chi connectivity index (χ0v) is 6.21. The van der Waals surface area contributed by atoms with E-state index in [9.17, 15) is 4.39 Å². The molecule has 0 aromatic heterocycles. The summed E-state index contributed by atoms with van der Waals surface area (Å²) in [5.74, 6) is -0.359. The molecule has 1 aliphatic carbocycles. The average Bonchev–Trinajstić information content (AvgIpc) is 2.11. The van der Waals surface area contributed by atoms with Gasteiger partial charge in [-0.15, -0.1) is 0 Å². The standard InChI is InChI=1S/C9H8FN/c1-7-3-2-4-8(6-11)9(10)5-7/h2-5,7H,1H3. The fourth-order valence-electron chi connectivity index (χ4n) is 0.873. The van der Waals surface area contributed by atoms with Crippen molar-refractivity contribution in [3.05, 3.63) is 35.7 Å². The van der Waals surface area contributed by atoms with E-state index in [1.54, 1.807) is 12.1 Å². The van der Waals surface area contributed by atoms with Crippen molar-refractivity contribution in [3.63, 3.8) is 0 Å². The number of hydrogen-bond acceptors (Lipinski definition) is 1. The van der Waals surface area contributed by atoms with E-state index in [-0.39, 0.29) is 11.5 Å². The molecular weight excluding hydrogens is 141 g/mol. The minimum atomic E-state index is -0.426. The number of allylic oxidation sites excluding steroid dienone is 6. The minimum Gasteiger partial charge on any atom is -0.206 e. The van der Waals surface area contributed by atoms with Gasteiger partial charge in [-0.2, -0.15) is 5.26 Å². The lowest BCUT2D eigenvalue weighted by Gasteiger charge is -1.94. The van der Waals surface area contributed by atoms with Crippen LogP contribution in [0.2, 0.25) is 0 Å². The van der Waals surface area contributed by atoms with Crippen LogP contribution in [0.25, 0.3) is 0 Å². The van der Waals surface area contributed by atoms with Crippen LogP contribution in [-0.2, 0) is 0 Å². The molecule has 1 atom stereocenters. The van der Waals surface area contributed by atoms with Gasteiger partial charge in [0.05, 0.1) is 5.57 Å². The smallest absolute Gasteiger partial charge is 0.137 e. The summed E-state index contributed by atoms with van der Waals surface area (Å²) in [5, 5.41) is 8.44. The van der Waals surface area contributed by atoms with Crippen molar-refractivity contribution in [2.45, 2.75) is 6.92 Å². The topological polar surface area (TPSA) is 23.8 Å². The molecule has 0 amide bonds. The monoisotopic (exact) mass is 149 g/mol. The molecule has 0 saturated carbocycles. The number of hydrogen-bond donors (Lipinski definition) is 0. The molecule has 0 aromatic carbocycles. The molecule has 1 unspecified atom stereocenters. The molecule has 1 rings (SSSR count). The molecule has 11 heavy (non-hydrogen) atoms. The van der Waals surface area contributed by atoms with Crippen molar-refractivity contribution in [3.8, 4) is 6.07 Å². The maximum atomic E-state index is 12.9. The molecule has 0 N–H and O–H groups in total. The molecule has 0 spiro atoms. The number of halogens is 1. The predicted octanol–water partition coefficient (Wildman–Crippen LogP) is 2.50. The van der Waals surface area contributed by atoms with E-state index >= 15 is 0 Å². The van der Waals surface area contributed by atoms with E-state index in [4.69, 9.17) is 5.26 Å². The maximum absolute atomic E-state index is 12.9. The Balaban J connectivity index is 3.00. The van der Waals surface area contributed by atoms with Crippen LogP contribution in [0.4, 0.5) is 4.39 Å². The molecule has 0 fully saturated rings. The predicted molar refractivity (Wildman–Crippen MR) is 41.2 cm³/mol. The van der Waals surface area contributed by atoms with Crippen LogP contribution < -0.4 is 0 Å². The van der Waals surface area contributed by atoms with Gasteiger partial charge in [-0.25, -0.2) is 4.39 Å². The largest absolute Gasteiger partial charge is 0.206 e. The van der Waals surface area contributed by atoms with E-state index in [2.05, 4.69) is 0 Å². The number of nitriles is 1. The van der Waals surface area contributed by atoms with Crippen molar-refractivity contribution in [2.24, 2.45) is 5.92 Å². The second kappa shape index (κ2) is 3.16. The molecular formula is C9H8FN. The highest BCUT2D eigenvalue weighted by molar-refractivity contribution is 5.42. The Morgan fingerprint density at radius 1 is 1.64 bits per heavy atom. The summed E-state index contributed by atoms with van der Waals surface area (Å²) in [6, 6.07) is 1.78. The first-order chi connectivity index (χ1) is 5.24. The normalized spacial score (nSPS) is 23.2. The van der Waals surface area contributed by atoms with Crippen LogP contribution in [0.15, 0.2) is 35.7 Å². The Kier molecular flexibility index (Phi) is 2.22. The van der Waals surface area contributed by atoms with Crippen LogP contribution >= 0.6 is 0 Å². The first-order valence-electron chi connectivity index (χ1n) is 3.40. The average molecular weight is 149 g/mol. The molecule has 0 saturated heterocycles. The molecule has 0 radical (unpaired) electrons. The molecule has 1 nitrogen and oxygen atoms in total. The van der Waals surface area contributed by atoms with Crippen LogP contribution in [0, 0.1) is 17.2 Å². The first kappa shape index (κ1) is 7.74. The molecule has 1 aliphatic rings. The third-order valence-electron chi connectivity index (χ3n) is 1.46. The fraction of sp³-hybridized carbons (Fsp3) is 0.222. The van der Waals surface area contributed by atoms with Gasteiger partial charge in [0.2, 0.25) is 0 Å². The molecule has 2 heteroatoms. The zero-order valence-electron chi connectivity index (χ0n) is 6.21. The highest BCUT2D eigenvalue weighted by Gasteiger charge is 2.06. The highest BCUT2D eigenvalue weighted by Crippen LogP contribution is 2.17. The van der Waals surface area contributed by atoms with Gasteiger partial charge in [0, 0.05) is 0 Å². The van der Waals surface area contributed by atoms with Crippen molar-refractivity contribution in [1.29, 1.82) is 5.26 Å². The molecule has 56 valence electrons. The Bertz CT molecular complexity index is 278. The molecule has 0 aromatic rings. The number of nitrogens with zero attached hydrogens (tertiary/aromatic N) is 1. The molecule has 0 aliphatic heterocycles. The maximum Gasteiger partial charge on any atom is 0.137 e. The number of rotatable bonds is 0. The van der Waals surface area contributed by atoms with Crippen molar-refractivity contribution >= 4 is 0 Å². The summed E-state index contributed by atoms with van der Waals surface area (Å²) in [6.07, 6.45) is 6.45. The van der Waals surface area contributed by atoms with E-state index in [1.807, 2.05) is 13.0 Å². The fourth-order valence-corrected chi connectivity index (χ4v) is 0.873. The van der Waals surface area contributed by atoms with Crippen LogP contribution in [-0.4, -0.2) is 0 Å². The Labute approximate surface area is 65.1 Å². The van der Waals surface area contributed by atoms with Gasteiger partial charge in [0.1, 0.15) is 11.9 Å². The quantitative estimate of drug-likeness (QED) is 0.519. The van der Waals surface area contributed by atoms with Crippen LogP contribution in [0.1, 0.15) is 6.92 Å². The van der Waals surface area contributed by atoms with Gasteiger partial charge >= 0.3 is 0 Å². The highest BCUT2D eigenvalue weighted by atomic mass is 19.1. The lowest BCUT2D eigenvalue weighted by atomic mass is 10.1. The summed E-state index contributed by atoms with van der Waals surface area (Å²) in [6.45, 7) is 1.87. The summed E-state index contributed by atoms with van der Waals surface area (Å²) in [4.78, 5) is 0. The zero-order chi connectivity index (χ0) is 8.27. The van der Waals surface area contributed by atoms with E-state index < -0.39 is 5.83 Å². The third kappa shape index (κ3) is 1.78. The molecule has 0 bridgehead atoms. The van der Waals surface area contributed by atoms with Crippen molar-refractivity contribution in [1.82, 2.24) is 0 Å². The summed E-state index contributed by atoms with van der Waals surface area (Å²) in [7, 11) is 0. The lowest BCUT2D eigenvalue weighted by molar-refractivity contribution is 0.645. The second-order valence-electron chi connectivity index (χ2n) is 2.45. The van der Waals surface area contributed by atoms with Gasteiger partial charge in [-0.3, -0.25) is 0 Å². The van der Waals surface area contributed by atoms with E-state index in [0.717, 1.165) is 0 Å². The van der Waals surface area contributed by atoms with E-state index in [1.165, 1.54) is 12.2 Å². The summed E-state index contributed by atoms with van der Waals surface area (Å²) >= 11 is 0. The Morgan fingerprint density at radius 2 is 2.36 bits per heavy atom. The van der Waals surface area contributed by atoms with Gasteiger partial charge < -0.3 is 0 Å². The van der Waals surface area contributed by atoms with Gasteiger partial charge in [-0.1, -0.05) is 19.1 Å². The minimum absolute atomic E-state index is 0.0668. The van der Waals surface area contributed by atoms with Crippen molar-refractivity contribution < 1.29 is 4.39 Å². The van der Waals surface area contributed by atoms with Gasteiger partial charge in [0.15, 0.2) is 0 Å². The SMILES string of the molecule is CC1C=CC=C(C#N)C(F)=C1.